The second-order valence-electron chi connectivity index (χ2n) is 5.70. The van der Waals surface area contributed by atoms with Gasteiger partial charge >= 0.3 is 0 Å². The van der Waals surface area contributed by atoms with E-state index < -0.39 is 0 Å². The molecule has 0 amide bonds. The van der Waals surface area contributed by atoms with Crippen LogP contribution < -0.4 is 10.6 Å². The van der Waals surface area contributed by atoms with Crippen molar-refractivity contribution < 1.29 is 0 Å². The van der Waals surface area contributed by atoms with Gasteiger partial charge in [0.2, 0.25) is 0 Å². The van der Waals surface area contributed by atoms with E-state index >= 15 is 0 Å². The summed E-state index contributed by atoms with van der Waals surface area (Å²) in [4.78, 5) is 12.1. The van der Waals surface area contributed by atoms with Crippen molar-refractivity contribution >= 4 is 37.5 Å². The smallest absolute Gasteiger partial charge is 0.148 e. The summed E-state index contributed by atoms with van der Waals surface area (Å²) in [5, 5.41) is 8.05. The van der Waals surface area contributed by atoms with Gasteiger partial charge in [-0.15, -0.1) is 11.3 Å². The van der Waals surface area contributed by atoms with Crippen LogP contribution in [0.1, 0.15) is 16.7 Å². The molecule has 0 aliphatic carbocycles. The zero-order valence-electron chi connectivity index (χ0n) is 12.8. The number of aryl methyl sites for hydroxylation is 1. The summed E-state index contributed by atoms with van der Waals surface area (Å²) in [6.45, 7) is 4.93. The van der Waals surface area contributed by atoms with Gasteiger partial charge in [0, 0.05) is 39.9 Å². The van der Waals surface area contributed by atoms with Crippen molar-refractivity contribution in [1.82, 2.24) is 20.6 Å². The van der Waals surface area contributed by atoms with Crippen molar-refractivity contribution in [3.8, 4) is 11.3 Å². The lowest BCUT2D eigenvalue weighted by molar-refractivity contribution is 0.416. The number of hydrogen-bond acceptors (Lipinski definition) is 5. The number of fused-ring (bicyclic) bond motifs is 1. The fourth-order valence-corrected chi connectivity index (χ4v) is 4.27. The normalized spacial score (nSPS) is 18.4. The minimum absolute atomic E-state index is 0.164. The van der Waals surface area contributed by atoms with Crippen LogP contribution in [0.25, 0.3) is 21.5 Å². The zero-order valence-corrected chi connectivity index (χ0v) is 15.2. The van der Waals surface area contributed by atoms with Crippen molar-refractivity contribution in [3.05, 3.63) is 45.5 Å². The zero-order chi connectivity index (χ0) is 15.8. The third-order valence-electron chi connectivity index (χ3n) is 4.01. The molecular weight excluding hydrogens is 372 g/mol. The first-order chi connectivity index (χ1) is 11.2. The lowest BCUT2D eigenvalue weighted by Gasteiger charge is -2.23. The van der Waals surface area contributed by atoms with Crippen molar-refractivity contribution in [2.45, 2.75) is 13.0 Å². The predicted octanol–water partition coefficient (Wildman–Crippen LogP) is 3.66. The van der Waals surface area contributed by atoms with E-state index in [1.54, 1.807) is 11.3 Å². The van der Waals surface area contributed by atoms with E-state index in [0.717, 1.165) is 51.4 Å². The van der Waals surface area contributed by atoms with Crippen molar-refractivity contribution in [3.63, 3.8) is 0 Å². The number of nitrogens with zero attached hydrogens (tertiary/aromatic N) is 2. The summed E-state index contributed by atoms with van der Waals surface area (Å²) >= 11 is 5.39. The molecule has 0 bridgehead atoms. The Hall–Kier alpha value is -1.34. The molecule has 1 aliphatic heterocycles. The molecule has 1 saturated heterocycles. The summed E-state index contributed by atoms with van der Waals surface area (Å²) in [5.41, 5.74) is 2.12. The van der Waals surface area contributed by atoms with Crippen LogP contribution in [0.15, 0.2) is 34.8 Å². The molecule has 2 aromatic heterocycles. The molecule has 118 valence electrons. The summed E-state index contributed by atoms with van der Waals surface area (Å²) in [6.07, 6.45) is 0. The lowest BCUT2D eigenvalue weighted by Crippen LogP contribution is -2.43. The molecule has 0 saturated carbocycles. The van der Waals surface area contributed by atoms with Crippen LogP contribution in [0.2, 0.25) is 0 Å². The largest absolute Gasteiger partial charge is 0.313 e. The highest BCUT2D eigenvalue weighted by Crippen LogP contribution is 2.35. The second-order valence-corrected chi connectivity index (χ2v) is 7.79. The molecule has 1 aromatic carbocycles. The molecule has 4 rings (SSSR count). The highest BCUT2D eigenvalue weighted by atomic mass is 79.9. The maximum Gasteiger partial charge on any atom is 0.148 e. The second kappa shape index (κ2) is 6.28. The van der Waals surface area contributed by atoms with E-state index in [1.165, 1.54) is 4.88 Å². The molecule has 1 fully saturated rings. The van der Waals surface area contributed by atoms with Gasteiger partial charge < -0.3 is 10.6 Å². The summed E-state index contributed by atoms with van der Waals surface area (Å²) in [7, 11) is 0. The Morgan fingerprint density at radius 2 is 2.09 bits per heavy atom. The van der Waals surface area contributed by atoms with Crippen molar-refractivity contribution in [2.24, 2.45) is 0 Å². The van der Waals surface area contributed by atoms with Crippen LogP contribution in [-0.2, 0) is 0 Å². The summed E-state index contributed by atoms with van der Waals surface area (Å²) < 4.78 is 1.06. The van der Waals surface area contributed by atoms with E-state index in [-0.39, 0.29) is 6.04 Å². The lowest BCUT2D eigenvalue weighted by atomic mass is 10.1. The van der Waals surface area contributed by atoms with Gasteiger partial charge in [-0.2, -0.15) is 0 Å². The Morgan fingerprint density at radius 3 is 2.87 bits per heavy atom. The minimum atomic E-state index is 0.164. The van der Waals surface area contributed by atoms with Gasteiger partial charge in [-0.25, -0.2) is 9.97 Å². The Morgan fingerprint density at radius 1 is 1.22 bits per heavy atom. The molecule has 23 heavy (non-hydrogen) atoms. The third kappa shape index (κ3) is 2.92. The number of rotatable bonds is 2. The number of benzene rings is 1. The SMILES string of the molecule is Cc1cc2c(-c3ccccc3Br)nc(C3CNCCN3)nc2s1. The Balaban J connectivity index is 1.92. The highest BCUT2D eigenvalue weighted by Gasteiger charge is 2.21. The van der Waals surface area contributed by atoms with E-state index in [4.69, 9.17) is 9.97 Å². The van der Waals surface area contributed by atoms with Gasteiger partial charge in [0.25, 0.3) is 0 Å². The summed E-state index contributed by atoms with van der Waals surface area (Å²) in [6, 6.07) is 10.6. The van der Waals surface area contributed by atoms with Crippen LogP contribution >= 0.6 is 27.3 Å². The molecule has 3 heterocycles. The van der Waals surface area contributed by atoms with Gasteiger partial charge in [-0.05, 0) is 19.1 Å². The molecule has 6 heteroatoms. The van der Waals surface area contributed by atoms with Gasteiger partial charge in [0.1, 0.15) is 10.7 Å². The first-order valence-electron chi connectivity index (χ1n) is 7.69. The first kappa shape index (κ1) is 15.2. The molecule has 4 nitrogen and oxygen atoms in total. The fraction of sp³-hybridized carbons (Fsp3) is 0.294. The van der Waals surface area contributed by atoms with Crippen LogP contribution in [-0.4, -0.2) is 29.6 Å². The molecule has 2 N–H and O–H groups in total. The average molecular weight is 389 g/mol. The van der Waals surface area contributed by atoms with Crippen LogP contribution in [0, 0.1) is 6.92 Å². The van der Waals surface area contributed by atoms with Gasteiger partial charge in [0.15, 0.2) is 0 Å². The predicted molar refractivity (Wildman–Crippen MR) is 98.9 cm³/mol. The van der Waals surface area contributed by atoms with E-state index in [2.05, 4.69) is 51.7 Å². The molecule has 3 aromatic rings. The van der Waals surface area contributed by atoms with Crippen LogP contribution in [0.3, 0.4) is 0 Å². The quantitative estimate of drug-likeness (QED) is 0.703. The molecule has 1 unspecified atom stereocenters. The van der Waals surface area contributed by atoms with Crippen LogP contribution in [0.4, 0.5) is 0 Å². The molecular formula is C17H17BrN4S. The molecule has 1 aliphatic rings. The summed E-state index contributed by atoms with van der Waals surface area (Å²) in [5.74, 6) is 0.873. The number of piperazine rings is 1. The first-order valence-corrected chi connectivity index (χ1v) is 9.30. The van der Waals surface area contributed by atoms with Crippen molar-refractivity contribution in [1.29, 1.82) is 0 Å². The standard InChI is InChI=1S/C17H17BrN4S/c1-10-8-12-15(11-4-2-3-5-13(11)18)21-16(22-17(12)23-10)14-9-19-6-7-20-14/h2-5,8,14,19-20H,6-7,9H2,1H3. The highest BCUT2D eigenvalue weighted by molar-refractivity contribution is 9.10. The number of thiophene rings is 1. The Bertz CT molecular complexity index is 855. The third-order valence-corrected chi connectivity index (χ3v) is 5.65. The van der Waals surface area contributed by atoms with Crippen molar-refractivity contribution in [2.75, 3.05) is 19.6 Å². The van der Waals surface area contributed by atoms with Crippen LogP contribution in [0.5, 0.6) is 0 Å². The average Bonchev–Trinajstić information content (AvgIpc) is 2.95. The van der Waals surface area contributed by atoms with E-state index in [0.29, 0.717) is 0 Å². The maximum absolute atomic E-state index is 4.93. The number of aromatic nitrogens is 2. The molecule has 0 spiro atoms. The monoisotopic (exact) mass is 388 g/mol. The maximum atomic E-state index is 4.93. The topological polar surface area (TPSA) is 49.8 Å². The molecule has 1 atom stereocenters. The number of hydrogen-bond donors (Lipinski definition) is 2. The number of halogens is 1. The Labute approximate surface area is 147 Å². The van der Waals surface area contributed by atoms with E-state index in [1.807, 2.05) is 12.1 Å². The number of nitrogens with one attached hydrogen (secondary N) is 2. The van der Waals surface area contributed by atoms with Gasteiger partial charge in [-0.1, -0.05) is 34.1 Å². The minimum Gasteiger partial charge on any atom is -0.313 e. The molecule has 0 radical (unpaired) electrons. The van der Waals surface area contributed by atoms with Gasteiger partial charge in [-0.3, -0.25) is 0 Å². The fourth-order valence-electron chi connectivity index (χ4n) is 2.91. The Kier molecular flexibility index (Phi) is 4.15. The van der Waals surface area contributed by atoms with Gasteiger partial charge in [0.05, 0.1) is 11.7 Å². The van der Waals surface area contributed by atoms with E-state index in [9.17, 15) is 0 Å².